The van der Waals surface area contributed by atoms with E-state index in [4.69, 9.17) is 23.7 Å². The minimum Gasteiger partial charge on any atom is -0.870 e. The van der Waals surface area contributed by atoms with Crippen LogP contribution < -0.4 is 29.5 Å². The van der Waals surface area contributed by atoms with Gasteiger partial charge >= 0.3 is 55.2 Å². The number of likely N-dealkylation sites (tertiary alicyclic amines) is 2. The number of benzene rings is 2. The molecule has 0 aromatic heterocycles. The molecule has 2 saturated heterocycles. The SMILES string of the molecule is CC(C)(C)OC(=O)N[C@H](C(=O)N1C[C@H](OC(=O)N2Cc3cccc(F)c3C2)C[C@H]1C(=O)O)C(C)(C)C.COC(=O)[C@@H]1C[C@@H](OC(=O)N2Cc3cccc(F)c3C2)CN1C(=O)[C@@H](NC(=O)OC(C)(C)C)C(C)(C)C.[Li+].[OH-]. The third-order valence-corrected chi connectivity index (χ3v) is 12.3. The number of aliphatic carboxylic acids is 1. The van der Waals surface area contributed by atoms with Crippen LogP contribution in [-0.2, 0) is 69.0 Å². The number of esters is 1. The summed E-state index contributed by atoms with van der Waals surface area (Å²) in [6, 6.07) is 4.93. The van der Waals surface area contributed by atoms with Crippen LogP contribution in [-0.4, -0.2) is 146 Å². The van der Waals surface area contributed by atoms with Crippen LogP contribution in [0.15, 0.2) is 36.4 Å². The van der Waals surface area contributed by atoms with E-state index in [1.165, 1.54) is 33.9 Å². The number of ether oxygens (including phenoxy) is 5. The Morgan fingerprint density at radius 2 is 0.960 bits per heavy atom. The van der Waals surface area contributed by atoms with Crippen molar-refractivity contribution in [3.05, 3.63) is 70.3 Å². The molecule has 4 aliphatic heterocycles. The van der Waals surface area contributed by atoms with Crippen LogP contribution in [0.25, 0.3) is 0 Å². The first-order chi connectivity index (χ1) is 33.7. The van der Waals surface area contributed by atoms with E-state index in [1.807, 2.05) is 0 Å². The number of nitrogens with one attached hydrogen (secondary N) is 2. The maximum absolute atomic E-state index is 14.1. The summed E-state index contributed by atoms with van der Waals surface area (Å²) in [5.74, 6) is -3.84. The smallest absolute Gasteiger partial charge is 0.870 e. The number of rotatable bonds is 8. The molecule has 6 amide bonds. The molecular formula is C51H71F2LiN6O15. The number of hydrogen-bond donors (Lipinski definition) is 3. The number of amides is 6. The average Bonchev–Trinajstić information content (AvgIpc) is 4.08. The maximum atomic E-state index is 14.1. The molecular weight excluding hydrogens is 982 g/mol. The molecule has 0 aliphatic carbocycles. The molecule has 21 nitrogen and oxygen atoms in total. The van der Waals surface area contributed by atoms with Crippen molar-refractivity contribution >= 4 is 48.1 Å². The molecule has 2 aromatic carbocycles. The summed E-state index contributed by atoms with van der Waals surface area (Å²) in [5, 5.41) is 15.0. The van der Waals surface area contributed by atoms with Crippen molar-refractivity contribution in [2.45, 2.75) is 170 Å². The molecule has 6 rings (SSSR count). The summed E-state index contributed by atoms with van der Waals surface area (Å²) < 4.78 is 54.8. The summed E-state index contributed by atoms with van der Waals surface area (Å²) in [5.41, 5.74) is -0.807. The zero-order valence-electron chi connectivity index (χ0n) is 45.3. The van der Waals surface area contributed by atoms with Gasteiger partial charge in [0.1, 0.15) is 59.2 Å². The molecule has 410 valence electrons. The number of carboxylic acid groups (broad SMARTS) is 1. The number of hydrogen-bond acceptors (Lipinski definition) is 14. The Labute approximate surface area is 448 Å². The second-order valence-electron chi connectivity index (χ2n) is 22.7. The van der Waals surface area contributed by atoms with Crippen molar-refractivity contribution in [3.8, 4) is 0 Å². The van der Waals surface area contributed by atoms with Gasteiger partial charge in [0.25, 0.3) is 0 Å². The molecule has 75 heavy (non-hydrogen) atoms. The normalized spacial score (nSPS) is 19.8. The molecule has 0 saturated carbocycles. The minimum absolute atomic E-state index is 0. The van der Waals surface area contributed by atoms with Crippen molar-refractivity contribution < 1.29 is 100 Å². The van der Waals surface area contributed by atoms with E-state index in [0.29, 0.717) is 22.3 Å². The van der Waals surface area contributed by atoms with Crippen LogP contribution in [0.3, 0.4) is 0 Å². The van der Waals surface area contributed by atoms with Gasteiger partial charge < -0.3 is 54.7 Å². The predicted octanol–water partition coefficient (Wildman–Crippen LogP) is 3.46. The zero-order chi connectivity index (χ0) is 54.7. The van der Waals surface area contributed by atoms with E-state index in [1.54, 1.807) is 107 Å². The third-order valence-electron chi connectivity index (χ3n) is 12.3. The van der Waals surface area contributed by atoms with Crippen LogP contribution in [0.1, 0.15) is 118 Å². The Hall–Kier alpha value is -6.18. The fraction of sp³-hybridized carbons (Fsp3) is 0.608. The number of nitrogens with zero attached hydrogens (tertiary/aromatic N) is 4. The number of alkyl carbamates (subject to hydrolysis) is 2. The Morgan fingerprint density at radius 3 is 1.28 bits per heavy atom. The van der Waals surface area contributed by atoms with Crippen molar-refractivity contribution in [1.82, 2.24) is 30.2 Å². The number of carbonyl (C=O) groups excluding carboxylic acids is 7. The standard InChI is InChI=1S/C26H36FN3O7.C25H34FN3O7.Li.H2O/c1-25(2,3)20(28-23(33)37-26(4,5)6)21(31)30-13-16(11-19(30)22(32)35-7)36-24(34)29-12-15-9-8-10-18(27)17(15)14-29;1-24(2,3)19(27-22(33)36-25(4,5)6)20(30)29-12-15(10-18(29)21(31)32)35-23(34)28-11-14-8-7-9-17(26)16(14)13-28;;/h8-10,16,19-20H,11-14H2,1-7H3,(H,28,33);7-9,15,18-19H,10-13H2,1-6H3,(H,27,33)(H,31,32);;1H2/q;;+1;/p-1/t16-,19+,20-;15-,18+,19-;;/m11../s1. The molecule has 0 radical (unpaired) electrons. The van der Waals surface area contributed by atoms with Gasteiger partial charge in [-0.15, -0.1) is 0 Å². The molecule has 4 N–H and O–H groups in total. The topological polar surface area (TPSA) is 270 Å². The molecule has 0 spiro atoms. The minimum atomic E-state index is -1.25. The van der Waals surface area contributed by atoms with Gasteiger partial charge in [0, 0.05) is 37.1 Å². The van der Waals surface area contributed by atoms with Crippen LogP contribution in [0, 0.1) is 22.5 Å². The van der Waals surface area contributed by atoms with E-state index in [0.717, 1.165) is 4.90 Å². The molecule has 0 bridgehead atoms. The first kappa shape index (κ1) is 63.1. The van der Waals surface area contributed by atoms with E-state index in [9.17, 15) is 52.2 Å². The van der Waals surface area contributed by atoms with Gasteiger partial charge in [-0.1, -0.05) is 65.8 Å². The number of methoxy groups -OCH3 is 1. The Morgan fingerprint density at radius 1 is 0.600 bits per heavy atom. The molecule has 0 unspecified atom stereocenters. The van der Waals surface area contributed by atoms with Crippen molar-refractivity contribution in [2.24, 2.45) is 10.8 Å². The average molecular weight is 1050 g/mol. The van der Waals surface area contributed by atoms with Gasteiger partial charge in [0.05, 0.1) is 33.3 Å². The second-order valence-corrected chi connectivity index (χ2v) is 22.7. The monoisotopic (exact) mass is 1050 g/mol. The maximum Gasteiger partial charge on any atom is 1.00 e. The largest absolute Gasteiger partial charge is 1.00 e. The molecule has 2 aromatic rings. The predicted molar refractivity (Wildman–Crippen MR) is 259 cm³/mol. The van der Waals surface area contributed by atoms with Gasteiger partial charge in [-0.3, -0.25) is 19.4 Å². The zero-order valence-corrected chi connectivity index (χ0v) is 45.3. The van der Waals surface area contributed by atoms with Crippen molar-refractivity contribution in [3.63, 3.8) is 0 Å². The fourth-order valence-electron chi connectivity index (χ4n) is 8.78. The van der Waals surface area contributed by atoms with Crippen LogP contribution in [0.4, 0.5) is 28.0 Å². The molecule has 4 heterocycles. The molecule has 6 atom stereocenters. The molecule has 24 heteroatoms. The van der Waals surface area contributed by atoms with E-state index in [-0.39, 0.29) is 82.3 Å². The molecule has 2 fully saturated rings. The Balaban J connectivity index is 0.000000385. The van der Waals surface area contributed by atoms with Crippen LogP contribution in [0.5, 0.6) is 0 Å². The Kier molecular flexibility index (Phi) is 20.7. The van der Waals surface area contributed by atoms with E-state index < -0.39 is 112 Å². The fourth-order valence-corrected chi connectivity index (χ4v) is 8.78. The number of carboxylic acids is 1. The summed E-state index contributed by atoms with van der Waals surface area (Å²) in [7, 11) is 1.21. The Bertz CT molecular complexity index is 2450. The number of carbonyl (C=O) groups is 8. The van der Waals surface area contributed by atoms with Crippen LogP contribution >= 0.6 is 0 Å². The first-order valence-corrected chi connectivity index (χ1v) is 24.0. The van der Waals surface area contributed by atoms with Gasteiger partial charge in [-0.2, -0.15) is 0 Å². The summed E-state index contributed by atoms with van der Waals surface area (Å²) in [4.78, 5) is 107. The second kappa shape index (κ2) is 24.7. The van der Waals surface area contributed by atoms with Gasteiger partial charge in [-0.05, 0) is 75.6 Å². The molecule has 4 aliphatic rings. The van der Waals surface area contributed by atoms with Gasteiger partial charge in [0.2, 0.25) is 11.8 Å². The summed E-state index contributed by atoms with van der Waals surface area (Å²) in [6.45, 7) is 21.0. The van der Waals surface area contributed by atoms with Crippen molar-refractivity contribution in [1.29, 1.82) is 0 Å². The van der Waals surface area contributed by atoms with E-state index >= 15 is 0 Å². The van der Waals surface area contributed by atoms with E-state index in [2.05, 4.69) is 10.6 Å². The van der Waals surface area contributed by atoms with Gasteiger partial charge in [-0.25, -0.2) is 37.5 Å². The van der Waals surface area contributed by atoms with Crippen LogP contribution in [0.2, 0.25) is 0 Å². The van der Waals surface area contributed by atoms with Crippen molar-refractivity contribution in [2.75, 3.05) is 20.2 Å². The third kappa shape index (κ3) is 16.4. The summed E-state index contributed by atoms with van der Waals surface area (Å²) >= 11 is 0. The first-order valence-electron chi connectivity index (χ1n) is 24.0. The summed E-state index contributed by atoms with van der Waals surface area (Å²) in [6.07, 6.45) is -4.70. The van der Waals surface area contributed by atoms with Gasteiger partial charge in [0.15, 0.2) is 0 Å². The number of halogens is 2. The quantitative estimate of drug-likeness (QED) is 0.194. The number of fused-ring (bicyclic) bond motifs is 2.